The minimum atomic E-state index is -0.0443. The lowest BCUT2D eigenvalue weighted by molar-refractivity contribution is 0.343. The summed E-state index contributed by atoms with van der Waals surface area (Å²) in [5, 5.41) is 0. The van der Waals surface area contributed by atoms with Crippen molar-refractivity contribution in [2.45, 2.75) is 46.0 Å². The molecule has 2 unspecified atom stereocenters. The van der Waals surface area contributed by atoms with Crippen LogP contribution in [0.2, 0.25) is 0 Å². The summed E-state index contributed by atoms with van der Waals surface area (Å²) in [5.74, 6) is 0.512. The van der Waals surface area contributed by atoms with Crippen molar-refractivity contribution in [2.24, 2.45) is 5.41 Å². The highest BCUT2D eigenvalue weighted by Gasteiger charge is 2.37. The lowest BCUT2D eigenvalue weighted by Crippen LogP contribution is -2.21. The molecule has 5 aromatic carbocycles. The monoisotopic (exact) mass is 553 g/mol. The molecule has 1 aliphatic rings. The molecule has 0 N–H and O–H groups in total. The molecule has 0 amide bonds. The summed E-state index contributed by atoms with van der Waals surface area (Å²) in [5.41, 5.74) is 13.2. The van der Waals surface area contributed by atoms with Crippen molar-refractivity contribution < 1.29 is 0 Å². The average molecular weight is 554 g/mol. The van der Waals surface area contributed by atoms with E-state index in [9.17, 15) is 0 Å². The van der Waals surface area contributed by atoms with Crippen LogP contribution in [0.5, 0.6) is 0 Å². The molecule has 0 radical (unpaired) electrons. The van der Waals surface area contributed by atoms with E-state index in [1.54, 1.807) is 0 Å². The topological polar surface area (TPSA) is 3.24 Å². The first-order chi connectivity index (χ1) is 19.7. The van der Waals surface area contributed by atoms with Crippen LogP contribution in [-0.4, -0.2) is 6.16 Å². The predicted octanol–water partition coefficient (Wildman–Crippen LogP) is 11.1. The highest BCUT2D eigenvalue weighted by Crippen LogP contribution is 2.51. The Morgan fingerprint density at radius 2 is 1.10 bits per heavy atom. The summed E-state index contributed by atoms with van der Waals surface area (Å²) in [6.07, 6.45) is 1.07. The van der Waals surface area contributed by atoms with Gasteiger partial charge in [-0.15, -0.1) is 9.24 Å². The van der Waals surface area contributed by atoms with Crippen molar-refractivity contribution in [1.29, 1.82) is 0 Å². The van der Waals surface area contributed by atoms with E-state index in [1.807, 2.05) is 0 Å². The van der Waals surface area contributed by atoms with Gasteiger partial charge in [0, 0.05) is 22.5 Å². The number of para-hydroxylation sites is 2. The Morgan fingerprint density at radius 1 is 0.610 bits per heavy atom. The SMILES string of the molecule is CC1(C)c2cc(-c3ccc(N(c4ccccc4)c4ccccc4)cc3)ccc2-c2ccc(C(CP)C(C)(C)C)cc21. The zero-order valence-corrected chi connectivity index (χ0v) is 26.0. The third-order valence-electron chi connectivity index (χ3n) is 8.87. The average Bonchev–Trinajstić information content (AvgIpc) is 3.20. The molecule has 1 nitrogen and oxygen atoms in total. The molecular formula is C39H40NP. The van der Waals surface area contributed by atoms with E-state index in [4.69, 9.17) is 0 Å². The second kappa shape index (κ2) is 10.6. The van der Waals surface area contributed by atoms with Gasteiger partial charge in [-0.05, 0) is 98.9 Å². The summed E-state index contributed by atoms with van der Waals surface area (Å²) in [6.45, 7) is 11.8. The number of fused-ring (bicyclic) bond motifs is 3. The third kappa shape index (κ3) is 5.02. The molecule has 0 aliphatic heterocycles. The first kappa shape index (κ1) is 27.5. The summed E-state index contributed by atoms with van der Waals surface area (Å²) in [4.78, 5) is 2.31. The molecule has 5 aromatic rings. The van der Waals surface area contributed by atoms with Crippen LogP contribution >= 0.6 is 9.24 Å². The molecule has 206 valence electrons. The van der Waals surface area contributed by atoms with Gasteiger partial charge in [-0.1, -0.05) is 113 Å². The maximum absolute atomic E-state index is 2.98. The maximum Gasteiger partial charge on any atom is 0.0462 e. The minimum Gasteiger partial charge on any atom is -0.311 e. The molecule has 2 atom stereocenters. The first-order valence-corrected chi connectivity index (χ1v) is 15.5. The van der Waals surface area contributed by atoms with Crippen molar-refractivity contribution in [3.63, 3.8) is 0 Å². The Labute approximate surface area is 248 Å². The normalized spacial score (nSPS) is 14.3. The lowest BCUT2D eigenvalue weighted by atomic mass is 9.75. The zero-order chi connectivity index (χ0) is 28.8. The Morgan fingerprint density at radius 3 is 1.63 bits per heavy atom. The van der Waals surface area contributed by atoms with Gasteiger partial charge in [-0.2, -0.15) is 0 Å². The standard InChI is InChI=1S/C39H40NP/c1-38(2,3)37(26-41)29-19-23-34-33-22-18-28(24-35(33)39(4,5)36(34)25-29)27-16-20-32(21-17-27)40(30-12-8-6-9-13-30)31-14-10-7-11-15-31/h6-25,37H,26,41H2,1-5H3. The van der Waals surface area contributed by atoms with Crippen molar-refractivity contribution in [3.8, 4) is 22.3 Å². The molecule has 0 aromatic heterocycles. The van der Waals surface area contributed by atoms with Gasteiger partial charge >= 0.3 is 0 Å². The number of benzene rings is 5. The zero-order valence-electron chi connectivity index (χ0n) is 24.9. The van der Waals surface area contributed by atoms with Crippen molar-refractivity contribution >= 4 is 26.3 Å². The van der Waals surface area contributed by atoms with E-state index in [0.29, 0.717) is 5.92 Å². The molecule has 2 heteroatoms. The molecule has 0 bridgehead atoms. The molecule has 1 aliphatic carbocycles. The van der Waals surface area contributed by atoms with E-state index >= 15 is 0 Å². The van der Waals surface area contributed by atoms with Crippen LogP contribution in [0, 0.1) is 5.41 Å². The van der Waals surface area contributed by atoms with Gasteiger partial charge in [0.1, 0.15) is 0 Å². The highest BCUT2D eigenvalue weighted by molar-refractivity contribution is 7.16. The molecular weight excluding hydrogens is 513 g/mol. The van der Waals surface area contributed by atoms with Crippen LogP contribution in [0.3, 0.4) is 0 Å². The highest BCUT2D eigenvalue weighted by atomic mass is 31.0. The second-order valence-corrected chi connectivity index (χ2v) is 13.4. The fraction of sp³-hybridized carbons (Fsp3) is 0.231. The van der Waals surface area contributed by atoms with E-state index < -0.39 is 0 Å². The van der Waals surface area contributed by atoms with E-state index in [2.05, 4.69) is 170 Å². The second-order valence-electron chi connectivity index (χ2n) is 12.9. The van der Waals surface area contributed by atoms with E-state index in [-0.39, 0.29) is 10.8 Å². The van der Waals surface area contributed by atoms with Gasteiger partial charge < -0.3 is 4.90 Å². The van der Waals surface area contributed by atoms with Crippen molar-refractivity contribution in [2.75, 3.05) is 11.1 Å². The molecule has 0 saturated carbocycles. The molecule has 0 fully saturated rings. The summed E-state index contributed by atoms with van der Waals surface area (Å²) >= 11 is 0. The van der Waals surface area contributed by atoms with Gasteiger partial charge in [0.15, 0.2) is 0 Å². The van der Waals surface area contributed by atoms with Crippen LogP contribution in [0.4, 0.5) is 17.1 Å². The predicted molar refractivity (Wildman–Crippen MR) is 181 cm³/mol. The smallest absolute Gasteiger partial charge is 0.0462 e. The minimum absolute atomic E-state index is 0.0443. The van der Waals surface area contributed by atoms with Gasteiger partial charge in [-0.3, -0.25) is 0 Å². The van der Waals surface area contributed by atoms with Gasteiger partial charge in [0.25, 0.3) is 0 Å². The number of nitrogens with zero attached hydrogens (tertiary/aromatic N) is 1. The number of hydrogen-bond acceptors (Lipinski definition) is 1. The lowest BCUT2D eigenvalue weighted by Gasteiger charge is -2.31. The van der Waals surface area contributed by atoms with E-state index in [1.165, 1.54) is 38.9 Å². The Balaban J connectivity index is 1.35. The molecule has 0 spiro atoms. The van der Waals surface area contributed by atoms with Gasteiger partial charge in [0.2, 0.25) is 0 Å². The summed E-state index contributed by atoms with van der Waals surface area (Å²) in [6, 6.07) is 44.4. The van der Waals surface area contributed by atoms with Crippen molar-refractivity contribution in [3.05, 3.63) is 138 Å². The van der Waals surface area contributed by atoms with Gasteiger partial charge in [0.05, 0.1) is 0 Å². The fourth-order valence-electron chi connectivity index (χ4n) is 6.55. The van der Waals surface area contributed by atoms with Crippen LogP contribution in [0.25, 0.3) is 22.3 Å². The summed E-state index contributed by atoms with van der Waals surface area (Å²) in [7, 11) is 2.98. The van der Waals surface area contributed by atoms with Crippen LogP contribution in [0.1, 0.15) is 57.2 Å². The third-order valence-corrected chi connectivity index (χ3v) is 9.34. The van der Waals surface area contributed by atoms with Crippen LogP contribution in [-0.2, 0) is 5.41 Å². The Bertz CT molecular complexity index is 1620. The first-order valence-electron chi connectivity index (χ1n) is 14.7. The largest absolute Gasteiger partial charge is 0.311 e. The fourth-order valence-corrected chi connectivity index (χ4v) is 7.52. The van der Waals surface area contributed by atoms with Crippen molar-refractivity contribution in [1.82, 2.24) is 0 Å². The molecule has 0 saturated heterocycles. The van der Waals surface area contributed by atoms with Crippen LogP contribution < -0.4 is 4.90 Å². The number of rotatable bonds is 6. The number of hydrogen-bond donors (Lipinski definition) is 0. The van der Waals surface area contributed by atoms with Gasteiger partial charge in [-0.25, -0.2) is 0 Å². The Kier molecular flexibility index (Phi) is 7.13. The number of anilines is 3. The maximum atomic E-state index is 2.98. The van der Waals surface area contributed by atoms with E-state index in [0.717, 1.165) is 23.2 Å². The Hall–Kier alpha value is -3.67. The molecule has 6 rings (SSSR count). The quantitative estimate of drug-likeness (QED) is 0.189. The summed E-state index contributed by atoms with van der Waals surface area (Å²) < 4.78 is 0. The molecule has 0 heterocycles. The molecule has 41 heavy (non-hydrogen) atoms. The van der Waals surface area contributed by atoms with Crippen LogP contribution in [0.15, 0.2) is 121 Å².